The van der Waals surface area contributed by atoms with E-state index in [4.69, 9.17) is 5.11 Å². The van der Waals surface area contributed by atoms with Gasteiger partial charge in [-0.1, -0.05) is 0 Å². The fourth-order valence-electron chi connectivity index (χ4n) is 2.11. The molecular formula is C11H15N3O5S. The topological polar surface area (TPSA) is 129 Å². The molecule has 20 heavy (non-hydrogen) atoms. The Bertz CT molecular complexity index is 596. The molecule has 2 rings (SSSR count). The van der Waals surface area contributed by atoms with Crippen LogP contribution in [0, 0.1) is 5.92 Å². The van der Waals surface area contributed by atoms with E-state index < -0.39 is 33.7 Å². The van der Waals surface area contributed by atoms with E-state index in [1.165, 1.54) is 12.5 Å². The van der Waals surface area contributed by atoms with Crippen LogP contribution in [-0.2, 0) is 25.8 Å². The van der Waals surface area contributed by atoms with Crippen LogP contribution >= 0.6 is 0 Å². The summed E-state index contributed by atoms with van der Waals surface area (Å²) in [6.45, 7) is 0. The molecule has 0 aromatic carbocycles. The van der Waals surface area contributed by atoms with Crippen LogP contribution in [0.1, 0.15) is 12.1 Å². The minimum atomic E-state index is -3.17. The molecule has 1 unspecified atom stereocenters. The Morgan fingerprint density at radius 1 is 1.55 bits per heavy atom. The van der Waals surface area contributed by atoms with Crippen molar-refractivity contribution in [3.8, 4) is 0 Å². The molecule has 8 nitrogen and oxygen atoms in total. The van der Waals surface area contributed by atoms with Crippen molar-refractivity contribution in [2.24, 2.45) is 5.92 Å². The maximum atomic E-state index is 11.9. The zero-order valence-electron chi connectivity index (χ0n) is 10.6. The van der Waals surface area contributed by atoms with Gasteiger partial charge < -0.3 is 15.4 Å². The normalized spacial score (nSPS) is 22.3. The molecule has 110 valence electrons. The fourth-order valence-corrected chi connectivity index (χ4v) is 3.85. The van der Waals surface area contributed by atoms with Gasteiger partial charge in [-0.2, -0.15) is 0 Å². The summed E-state index contributed by atoms with van der Waals surface area (Å²) in [4.78, 5) is 29.6. The summed E-state index contributed by atoms with van der Waals surface area (Å²) in [6, 6.07) is -1.11. The number of aromatic nitrogens is 2. The Hall–Kier alpha value is -1.90. The maximum absolute atomic E-state index is 11.9. The number of nitrogens with zero attached hydrogens (tertiary/aromatic N) is 1. The average Bonchev–Trinajstić information content (AvgIpc) is 2.97. The number of hydrogen-bond acceptors (Lipinski definition) is 5. The van der Waals surface area contributed by atoms with E-state index in [2.05, 4.69) is 15.3 Å². The number of carbonyl (C=O) groups is 2. The van der Waals surface area contributed by atoms with E-state index in [9.17, 15) is 18.0 Å². The van der Waals surface area contributed by atoms with Crippen LogP contribution in [0.2, 0.25) is 0 Å². The van der Waals surface area contributed by atoms with E-state index in [-0.39, 0.29) is 24.3 Å². The quantitative estimate of drug-likeness (QED) is 0.637. The number of carboxylic acids is 1. The third-order valence-electron chi connectivity index (χ3n) is 3.20. The molecule has 1 aliphatic rings. The summed E-state index contributed by atoms with van der Waals surface area (Å²) in [5.74, 6) is -2.60. The highest BCUT2D eigenvalue weighted by Crippen LogP contribution is 2.18. The standard InChI is InChI=1S/C11H15N3O5S/c15-10(7-1-2-20(18,19)5-7)14-9(11(16)17)3-8-4-12-6-13-8/h4,6-7,9H,1-3,5H2,(H,12,13)(H,14,15)(H,16,17)/t7?,9-/m0/s1. The van der Waals surface area contributed by atoms with Crippen molar-refractivity contribution in [3.63, 3.8) is 0 Å². The summed E-state index contributed by atoms with van der Waals surface area (Å²) in [5.41, 5.74) is 0.580. The molecule has 1 aliphatic heterocycles. The number of H-pyrrole nitrogens is 1. The van der Waals surface area contributed by atoms with E-state index in [1.54, 1.807) is 0 Å². The molecule has 9 heteroatoms. The van der Waals surface area contributed by atoms with Gasteiger partial charge in [0.25, 0.3) is 0 Å². The number of rotatable bonds is 5. The van der Waals surface area contributed by atoms with Crippen molar-refractivity contribution in [2.45, 2.75) is 18.9 Å². The van der Waals surface area contributed by atoms with Crippen LogP contribution in [-0.4, -0.2) is 52.9 Å². The molecule has 1 fully saturated rings. The Kier molecular flexibility index (Phi) is 4.07. The number of amides is 1. The van der Waals surface area contributed by atoms with Gasteiger partial charge in [-0.3, -0.25) is 4.79 Å². The number of carboxylic acid groups (broad SMARTS) is 1. The molecule has 1 aromatic heterocycles. The smallest absolute Gasteiger partial charge is 0.326 e. The molecule has 0 spiro atoms. The Balaban J connectivity index is 1.98. The lowest BCUT2D eigenvalue weighted by molar-refractivity contribution is -0.142. The van der Waals surface area contributed by atoms with Gasteiger partial charge in [0.05, 0.1) is 23.8 Å². The van der Waals surface area contributed by atoms with Gasteiger partial charge >= 0.3 is 5.97 Å². The molecule has 2 atom stereocenters. The van der Waals surface area contributed by atoms with Crippen LogP contribution in [0.25, 0.3) is 0 Å². The second kappa shape index (κ2) is 5.61. The van der Waals surface area contributed by atoms with E-state index >= 15 is 0 Å². The van der Waals surface area contributed by atoms with Gasteiger partial charge in [-0.05, 0) is 6.42 Å². The van der Waals surface area contributed by atoms with Gasteiger partial charge in [-0.15, -0.1) is 0 Å². The summed E-state index contributed by atoms with van der Waals surface area (Å²) in [5, 5.41) is 11.5. The van der Waals surface area contributed by atoms with Crippen LogP contribution in [0.3, 0.4) is 0 Å². The van der Waals surface area contributed by atoms with Gasteiger partial charge in [0.15, 0.2) is 9.84 Å². The van der Waals surface area contributed by atoms with Crippen LogP contribution in [0.15, 0.2) is 12.5 Å². The van der Waals surface area contributed by atoms with E-state index in [0.717, 1.165) is 0 Å². The zero-order valence-corrected chi connectivity index (χ0v) is 11.4. The highest BCUT2D eigenvalue weighted by molar-refractivity contribution is 7.91. The predicted molar refractivity (Wildman–Crippen MR) is 68.6 cm³/mol. The minimum Gasteiger partial charge on any atom is -0.480 e. The number of carbonyl (C=O) groups excluding carboxylic acids is 1. The molecular weight excluding hydrogens is 286 g/mol. The monoisotopic (exact) mass is 301 g/mol. The lowest BCUT2D eigenvalue weighted by Crippen LogP contribution is -2.45. The summed E-state index contributed by atoms with van der Waals surface area (Å²) < 4.78 is 22.6. The molecule has 3 N–H and O–H groups in total. The lowest BCUT2D eigenvalue weighted by atomic mass is 10.1. The Labute approximate surface area is 115 Å². The maximum Gasteiger partial charge on any atom is 0.326 e. The highest BCUT2D eigenvalue weighted by atomic mass is 32.2. The van der Waals surface area contributed by atoms with Gasteiger partial charge in [0.2, 0.25) is 5.91 Å². The minimum absolute atomic E-state index is 0.0244. The van der Waals surface area contributed by atoms with Crippen molar-refractivity contribution in [1.29, 1.82) is 0 Å². The molecule has 1 saturated heterocycles. The van der Waals surface area contributed by atoms with Crippen molar-refractivity contribution in [3.05, 3.63) is 18.2 Å². The first kappa shape index (κ1) is 14.5. The van der Waals surface area contributed by atoms with Crippen molar-refractivity contribution >= 4 is 21.7 Å². The lowest BCUT2D eigenvalue weighted by Gasteiger charge is -2.16. The molecule has 1 aromatic rings. The molecule has 0 bridgehead atoms. The predicted octanol–water partition coefficient (Wildman–Crippen LogP) is -1.04. The fraction of sp³-hybridized carbons (Fsp3) is 0.545. The highest BCUT2D eigenvalue weighted by Gasteiger charge is 2.34. The Morgan fingerprint density at radius 2 is 2.30 bits per heavy atom. The zero-order chi connectivity index (χ0) is 14.8. The number of nitrogens with one attached hydrogen (secondary N) is 2. The van der Waals surface area contributed by atoms with Crippen LogP contribution in [0.5, 0.6) is 0 Å². The molecule has 2 heterocycles. The van der Waals surface area contributed by atoms with Crippen molar-refractivity contribution in [1.82, 2.24) is 15.3 Å². The number of aliphatic carboxylic acids is 1. The van der Waals surface area contributed by atoms with Crippen LogP contribution in [0.4, 0.5) is 0 Å². The summed E-state index contributed by atoms with van der Waals surface area (Å²) in [6.07, 6.45) is 3.20. The van der Waals surface area contributed by atoms with Crippen molar-refractivity contribution < 1.29 is 23.1 Å². The van der Waals surface area contributed by atoms with Gasteiger partial charge in [0, 0.05) is 18.3 Å². The second-order valence-electron chi connectivity index (χ2n) is 4.78. The third-order valence-corrected chi connectivity index (χ3v) is 4.96. The molecule has 0 saturated carbocycles. The largest absolute Gasteiger partial charge is 0.480 e. The van der Waals surface area contributed by atoms with Gasteiger partial charge in [0.1, 0.15) is 6.04 Å². The summed E-state index contributed by atoms with van der Waals surface area (Å²) >= 11 is 0. The van der Waals surface area contributed by atoms with E-state index in [0.29, 0.717) is 5.69 Å². The molecule has 0 aliphatic carbocycles. The molecule has 1 amide bonds. The Morgan fingerprint density at radius 3 is 2.80 bits per heavy atom. The number of imidazole rings is 1. The third kappa shape index (κ3) is 3.56. The summed E-state index contributed by atoms with van der Waals surface area (Å²) in [7, 11) is -3.17. The number of aromatic amines is 1. The first-order chi connectivity index (χ1) is 9.37. The second-order valence-corrected chi connectivity index (χ2v) is 7.01. The van der Waals surface area contributed by atoms with Crippen molar-refractivity contribution in [2.75, 3.05) is 11.5 Å². The number of hydrogen-bond donors (Lipinski definition) is 3. The van der Waals surface area contributed by atoms with Gasteiger partial charge in [-0.25, -0.2) is 18.2 Å². The first-order valence-corrected chi connectivity index (χ1v) is 7.90. The first-order valence-electron chi connectivity index (χ1n) is 6.08. The van der Waals surface area contributed by atoms with E-state index in [1.807, 2.05) is 0 Å². The average molecular weight is 301 g/mol. The van der Waals surface area contributed by atoms with Crippen LogP contribution < -0.4 is 5.32 Å². The SMILES string of the molecule is O=C(N[C@@H](Cc1cnc[nH]1)C(=O)O)C1CCS(=O)(=O)C1. The molecule has 0 radical (unpaired) electrons. The number of sulfone groups is 1.